The van der Waals surface area contributed by atoms with E-state index < -0.39 is 0 Å². The van der Waals surface area contributed by atoms with Crippen LogP contribution in [0.1, 0.15) is 0 Å². The molecule has 0 unspecified atom stereocenters. The van der Waals surface area contributed by atoms with Crippen LogP contribution in [0.3, 0.4) is 0 Å². The highest BCUT2D eigenvalue weighted by Gasteiger charge is 2.20. The molecule has 0 saturated carbocycles. The first-order valence-electron chi connectivity index (χ1n) is 6.87. The largest absolute Gasteiger partial charge is 0.367 e. The van der Waals surface area contributed by atoms with Crippen molar-refractivity contribution in [3.05, 3.63) is 51.5 Å². The van der Waals surface area contributed by atoms with Gasteiger partial charge in [-0.15, -0.1) is 0 Å². The summed E-state index contributed by atoms with van der Waals surface area (Å²) in [6.07, 6.45) is 0. The van der Waals surface area contributed by atoms with E-state index in [1.807, 2.05) is 36.4 Å². The minimum absolute atomic E-state index is 0.664. The number of rotatable bonds is 2. The van der Waals surface area contributed by atoms with Crippen LogP contribution < -0.4 is 10.2 Å². The monoisotopic (exact) mass is 340 g/mol. The third-order valence-corrected chi connectivity index (χ3v) is 4.68. The summed E-state index contributed by atoms with van der Waals surface area (Å²) in [5.74, 6) is 0. The summed E-state index contributed by atoms with van der Waals surface area (Å²) in [6.45, 7) is 3.66. The van der Waals surface area contributed by atoms with Crippen LogP contribution in [0.5, 0.6) is 0 Å². The van der Waals surface area contributed by atoms with Crippen molar-refractivity contribution in [3.63, 3.8) is 0 Å². The molecule has 1 fully saturated rings. The highest BCUT2D eigenvalue weighted by Crippen LogP contribution is 2.42. The van der Waals surface area contributed by atoms with E-state index in [0.29, 0.717) is 15.1 Å². The maximum absolute atomic E-state index is 6.65. The van der Waals surface area contributed by atoms with Gasteiger partial charge in [0.25, 0.3) is 0 Å². The summed E-state index contributed by atoms with van der Waals surface area (Å²) in [5, 5.41) is 5.36. The van der Waals surface area contributed by atoms with Gasteiger partial charge >= 0.3 is 0 Å². The SMILES string of the molecule is Clc1ccccc1-c1ccc(Cl)c(N2CCNCC2)c1Cl. The fraction of sp³-hybridized carbons (Fsp3) is 0.250. The lowest BCUT2D eigenvalue weighted by Crippen LogP contribution is -2.43. The second-order valence-corrected chi connectivity index (χ2v) is 6.17. The van der Waals surface area contributed by atoms with Gasteiger partial charge in [-0.25, -0.2) is 0 Å². The number of nitrogens with one attached hydrogen (secondary N) is 1. The molecule has 0 radical (unpaired) electrons. The first-order chi connectivity index (χ1) is 10.2. The van der Waals surface area contributed by atoms with Crippen molar-refractivity contribution in [2.75, 3.05) is 31.1 Å². The summed E-state index contributed by atoms with van der Waals surface area (Å²) in [4.78, 5) is 2.22. The van der Waals surface area contributed by atoms with E-state index in [4.69, 9.17) is 34.8 Å². The maximum atomic E-state index is 6.65. The van der Waals surface area contributed by atoms with Crippen molar-refractivity contribution in [1.82, 2.24) is 5.32 Å². The van der Waals surface area contributed by atoms with Gasteiger partial charge in [0, 0.05) is 42.3 Å². The summed E-state index contributed by atoms with van der Waals surface area (Å²) >= 11 is 19.3. The van der Waals surface area contributed by atoms with E-state index in [2.05, 4.69) is 10.2 Å². The second-order valence-electron chi connectivity index (χ2n) is 4.97. The van der Waals surface area contributed by atoms with Crippen molar-refractivity contribution in [2.24, 2.45) is 0 Å². The summed E-state index contributed by atoms with van der Waals surface area (Å²) < 4.78 is 0. The lowest BCUT2D eigenvalue weighted by Gasteiger charge is -2.31. The predicted octanol–water partition coefficient (Wildman–Crippen LogP) is 4.72. The molecule has 21 heavy (non-hydrogen) atoms. The molecular formula is C16H15Cl3N2. The average molecular weight is 342 g/mol. The smallest absolute Gasteiger partial charge is 0.0752 e. The van der Waals surface area contributed by atoms with Crippen LogP contribution in [0.2, 0.25) is 15.1 Å². The predicted molar refractivity (Wildman–Crippen MR) is 92.0 cm³/mol. The van der Waals surface area contributed by atoms with Gasteiger partial charge in [0.2, 0.25) is 0 Å². The molecule has 2 nitrogen and oxygen atoms in total. The quantitative estimate of drug-likeness (QED) is 0.850. The molecule has 1 N–H and O–H groups in total. The Balaban J connectivity index is 2.10. The molecule has 0 bridgehead atoms. The molecule has 1 aliphatic heterocycles. The number of anilines is 1. The summed E-state index contributed by atoms with van der Waals surface area (Å²) in [7, 11) is 0. The molecule has 2 aromatic rings. The second kappa shape index (κ2) is 6.45. The molecule has 5 heteroatoms. The van der Waals surface area contributed by atoms with E-state index in [-0.39, 0.29) is 0 Å². The zero-order chi connectivity index (χ0) is 14.8. The van der Waals surface area contributed by atoms with Crippen LogP contribution in [-0.2, 0) is 0 Å². The highest BCUT2D eigenvalue weighted by molar-refractivity contribution is 6.41. The molecule has 0 spiro atoms. The van der Waals surface area contributed by atoms with Gasteiger partial charge < -0.3 is 10.2 Å². The lowest BCUT2D eigenvalue weighted by molar-refractivity contribution is 0.589. The normalized spacial score (nSPS) is 15.3. The Labute approximate surface area is 139 Å². The highest BCUT2D eigenvalue weighted by atomic mass is 35.5. The van der Waals surface area contributed by atoms with Crippen molar-refractivity contribution in [1.29, 1.82) is 0 Å². The fourth-order valence-electron chi connectivity index (χ4n) is 2.61. The lowest BCUT2D eigenvalue weighted by atomic mass is 10.0. The Hall–Kier alpha value is -0.930. The molecule has 0 amide bonds. The molecule has 0 aromatic heterocycles. The van der Waals surface area contributed by atoms with Crippen LogP contribution in [0.15, 0.2) is 36.4 Å². The minimum atomic E-state index is 0.664. The Bertz CT molecular complexity index is 652. The molecule has 3 rings (SSSR count). The molecule has 0 aliphatic carbocycles. The van der Waals surface area contributed by atoms with Gasteiger partial charge in [-0.05, 0) is 12.1 Å². The molecule has 1 aliphatic rings. The van der Waals surface area contributed by atoms with Crippen LogP contribution >= 0.6 is 34.8 Å². The third-order valence-electron chi connectivity index (χ3n) is 3.66. The first-order valence-corrected chi connectivity index (χ1v) is 8.00. The number of nitrogens with zero attached hydrogens (tertiary/aromatic N) is 1. The Morgan fingerprint density at radius 2 is 1.52 bits per heavy atom. The molecule has 110 valence electrons. The van der Waals surface area contributed by atoms with E-state index >= 15 is 0 Å². The van der Waals surface area contributed by atoms with Crippen LogP contribution in [0, 0.1) is 0 Å². The standard InChI is InChI=1S/C16H15Cl3N2/c17-13-4-2-1-3-11(13)12-5-6-14(18)16(15(12)19)21-9-7-20-8-10-21/h1-6,20H,7-10H2. The first kappa shape index (κ1) is 15.0. The van der Waals surface area contributed by atoms with E-state index in [9.17, 15) is 0 Å². The number of hydrogen-bond donors (Lipinski definition) is 1. The molecule has 0 atom stereocenters. The molecular weight excluding hydrogens is 327 g/mol. The van der Waals surface area contributed by atoms with Crippen molar-refractivity contribution in [3.8, 4) is 11.1 Å². The van der Waals surface area contributed by atoms with Gasteiger partial charge in [0.15, 0.2) is 0 Å². The van der Waals surface area contributed by atoms with Gasteiger partial charge in [-0.2, -0.15) is 0 Å². The van der Waals surface area contributed by atoms with E-state index in [1.165, 1.54) is 0 Å². The number of piperazine rings is 1. The van der Waals surface area contributed by atoms with Gasteiger partial charge in [0.1, 0.15) is 0 Å². The summed E-state index contributed by atoms with van der Waals surface area (Å²) in [5.41, 5.74) is 2.75. The zero-order valence-corrected chi connectivity index (χ0v) is 13.6. The van der Waals surface area contributed by atoms with Crippen molar-refractivity contribution >= 4 is 40.5 Å². The molecule has 2 aromatic carbocycles. The summed E-state index contributed by atoms with van der Waals surface area (Å²) in [6, 6.07) is 11.5. The Morgan fingerprint density at radius 1 is 0.810 bits per heavy atom. The third kappa shape index (κ3) is 3.00. The Morgan fingerprint density at radius 3 is 2.24 bits per heavy atom. The van der Waals surface area contributed by atoms with Gasteiger partial charge in [-0.1, -0.05) is 59.1 Å². The fourth-order valence-corrected chi connectivity index (χ4v) is 3.56. The average Bonchev–Trinajstić information content (AvgIpc) is 2.50. The topological polar surface area (TPSA) is 15.3 Å². The number of benzene rings is 2. The van der Waals surface area contributed by atoms with Crippen LogP contribution in [0.25, 0.3) is 11.1 Å². The number of halogens is 3. The van der Waals surface area contributed by atoms with Gasteiger partial charge in [-0.3, -0.25) is 0 Å². The van der Waals surface area contributed by atoms with E-state index in [1.54, 1.807) is 0 Å². The maximum Gasteiger partial charge on any atom is 0.0752 e. The Kier molecular flexibility index (Phi) is 4.60. The van der Waals surface area contributed by atoms with Crippen LogP contribution in [-0.4, -0.2) is 26.2 Å². The van der Waals surface area contributed by atoms with Crippen molar-refractivity contribution in [2.45, 2.75) is 0 Å². The molecule has 1 saturated heterocycles. The molecule has 1 heterocycles. The van der Waals surface area contributed by atoms with Crippen molar-refractivity contribution < 1.29 is 0 Å². The van der Waals surface area contributed by atoms with E-state index in [0.717, 1.165) is 43.0 Å². The van der Waals surface area contributed by atoms with Crippen LogP contribution in [0.4, 0.5) is 5.69 Å². The number of hydrogen-bond acceptors (Lipinski definition) is 2. The zero-order valence-electron chi connectivity index (χ0n) is 11.4. The minimum Gasteiger partial charge on any atom is -0.367 e. The van der Waals surface area contributed by atoms with Gasteiger partial charge in [0.05, 0.1) is 15.7 Å².